The lowest BCUT2D eigenvalue weighted by Crippen LogP contribution is -2.26. The van der Waals surface area contributed by atoms with Crippen molar-refractivity contribution in [3.05, 3.63) is 29.6 Å². The Morgan fingerprint density at radius 1 is 1.53 bits per heavy atom. The van der Waals surface area contributed by atoms with Gasteiger partial charge in [0.15, 0.2) is 0 Å². The van der Waals surface area contributed by atoms with Crippen molar-refractivity contribution in [2.45, 2.75) is 38.6 Å². The van der Waals surface area contributed by atoms with E-state index in [1.165, 1.54) is 12.0 Å². The molecule has 1 N–H and O–H groups in total. The normalized spacial score (nSPS) is 20.2. The first-order valence-corrected chi connectivity index (χ1v) is 5.48. The SMILES string of the molecule is CC(=O)NC1CCCCc2cccnc21. The number of amides is 1. The topological polar surface area (TPSA) is 42.0 Å². The number of nitrogens with one attached hydrogen (secondary N) is 1. The van der Waals surface area contributed by atoms with Crippen LogP contribution in [0.1, 0.15) is 43.5 Å². The van der Waals surface area contributed by atoms with E-state index >= 15 is 0 Å². The second kappa shape index (κ2) is 4.43. The number of fused-ring (bicyclic) bond motifs is 1. The Labute approximate surface area is 89.9 Å². The van der Waals surface area contributed by atoms with E-state index in [2.05, 4.69) is 16.4 Å². The summed E-state index contributed by atoms with van der Waals surface area (Å²) in [5.74, 6) is 0.0264. The molecule has 1 aromatic heterocycles. The number of carbonyl (C=O) groups is 1. The fraction of sp³-hybridized carbons (Fsp3) is 0.500. The molecule has 1 heterocycles. The van der Waals surface area contributed by atoms with E-state index in [9.17, 15) is 4.79 Å². The Morgan fingerprint density at radius 3 is 3.20 bits per heavy atom. The molecule has 1 aliphatic carbocycles. The van der Waals surface area contributed by atoms with Gasteiger partial charge in [0.25, 0.3) is 0 Å². The van der Waals surface area contributed by atoms with E-state index in [-0.39, 0.29) is 11.9 Å². The van der Waals surface area contributed by atoms with Gasteiger partial charge < -0.3 is 5.32 Å². The predicted molar refractivity (Wildman–Crippen MR) is 58.3 cm³/mol. The second-order valence-corrected chi connectivity index (χ2v) is 4.05. The van der Waals surface area contributed by atoms with Gasteiger partial charge in [0.05, 0.1) is 11.7 Å². The van der Waals surface area contributed by atoms with Crippen molar-refractivity contribution in [3.8, 4) is 0 Å². The molecular weight excluding hydrogens is 188 g/mol. The summed E-state index contributed by atoms with van der Waals surface area (Å²) < 4.78 is 0. The third-order valence-electron chi connectivity index (χ3n) is 2.82. The van der Waals surface area contributed by atoms with Gasteiger partial charge in [-0.05, 0) is 30.9 Å². The number of rotatable bonds is 1. The minimum Gasteiger partial charge on any atom is -0.348 e. The lowest BCUT2D eigenvalue weighted by molar-refractivity contribution is -0.119. The van der Waals surface area contributed by atoms with Crippen molar-refractivity contribution in [2.75, 3.05) is 0 Å². The number of aromatic nitrogens is 1. The highest BCUT2D eigenvalue weighted by Gasteiger charge is 2.19. The lowest BCUT2D eigenvalue weighted by atomic mass is 10.1. The zero-order chi connectivity index (χ0) is 10.7. The molecule has 0 aliphatic heterocycles. The summed E-state index contributed by atoms with van der Waals surface area (Å²) in [5, 5.41) is 2.98. The highest BCUT2D eigenvalue weighted by molar-refractivity contribution is 5.73. The molecule has 0 fully saturated rings. The van der Waals surface area contributed by atoms with Crippen molar-refractivity contribution in [1.82, 2.24) is 10.3 Å². The van der Waals surface area contributed by atoms with Crippen LogP contribution < -0.4 is 5.32 Å². The zero-order valence-corrected chi connectivity index (χ0v) is 8.99. The molecule has 0 saturated carbocycles. The van der Waals surface area contributed by atoms with Gasteiger partial charge in [-0.1, -0.05) is 12.5 Å². The Morgan fingerprint density at radius 2 is 2.40 bits per heavy atom. The van der Waals surface area contributed by atoms with Crippen LogP contribution in [0.2, 0.25) is 0 Å². The highest BCUT2D eigenvalue weighted by atomic mass is 16.1. The van der Waals surface area contributed by atoms with Gasteiger partial charge in [0.2, 0.25) is 5.91 Å². The molecule has 0 spiro atoms. The summed E-state index contributed by atoms with van der Waals surface area (Å²) in [7, 11) is 0. The molecule has 80 valence electrons. The molecular formula is C12H16N2O. The van der Waals surface area contributed by atoms with Gasteiger partial charge in [0, 0.05) is 13.1 Å². The van der Waals surface area contributed by atoms with Crippen LogP contribution in [-0.2, 0) is 11.2 Å². The molecule has 3 nitrogen and oxygen atoms in total. The standard InChI is InChI=1S/C12H16N2O/c1-9(15)14-11-7-3-2-5-10-6-4-8-13-12(10)11/h4,6,8,11H,2-3,5,7H2,1H3,(H,14,15). The quantitative estimate of drug-likeness (QED) is 0.711. The number of carbonyl (C=O) groups excluding carboxylic acids is 1. The largest absolute Gasteiger partial charge is 0.348 e. The van der Waals surface area contributed by atoms with E-state index in [1.54, 1.807) is 13.1 Å². The van der Waals surface area contributed by atoms with Crippen molar-refractivity contribution in [2.24, 2.45) is 0 Å². The Balaban J connectivity index is 2.28. The molecule has 1 unspecified atom stereocenters. The second-order valence-electron chi connectivity index (χ2n) is 4.05. The van der Waals surface area contributed by atoms with Gasteiger partial charge >= 0.3 is 0 Å². The lowest BCUT2D eigenvalue weighted by Gasteiger charge is -2.16. The fourth-order valence-corrected chi connectivity index (χ4v) is 2.16. The summed E-state index contributed by atoms with van der Waals surface area (Å²) in [6, 6.07) is 4.19. The first kappa shape index (κ1) is 10.1. The Kier molecular flexibility index (Phi) is 2.99. The molecule has 0 bridgehead atoms. The summed E-state index contributed by atoms with van der Waals surface area (Å²) in [4.78, 5) is 15.5. The maximum atomic E-state index is 11.1. The molecule has 0 aromatic carbocycles. The van der Waals surface area contributed by atoms with Gasteiger partial charge in [-0.3, -0.25) is 9.78 Å². The molecule has 15 heavy (non-hydrogen) atoms. The summed E-state index contributed by atoms with van der Waals surface area (Å²) >= 11 is 0. The van der Waals surface area contributed by atoms with Crippen LogP contribution in [0, 0.1) is 0 Å². The average molecular weight is 204 g/mol. The molecule has 0 saturated heterocycles. The molecule has 1 atom stereocenters. The van der Waals surface area contributed by atoms with Crippen LogP contribution in [0.5, 0.6) is 0 Å². The average Bonchev–Trinajstić information content (AvgIpc) is 2.41. The van der Waals surface area contributed by atoms with E-state index in [1.807, 2.05) is 6.07 Å². The van der Waals surface area contributed by atoms with E-state index in [0.29, 0.717) is 0 Å². The van der Waals surface area contributed by atoms with Crippen LogP contribution in [0.4, 0.5) is 0 Å². The molecule has 0 radical (unpaired) electrons. The fourth-order valence-electron chi connectivity index (χ4n) is 2.16. The number of hydrogen-bond donors (Lipinski definition) is 1. The summed E-state index contributed by atoms with van der Waals surface area (Å²) in [6.45, 7) is 1.56. The van der Waals surface area contributed by atoms with Gasteiger partial charge in [-0.15, -0.1) is 0 Å². The minimum absolute atomic E-state index is 0.0264. The number of hydrogen-bond acceptors (Lipinski definition) is 2. The van der Waals surface area contributed by atoms with E-state index < -0.39 is 0 Å². The molecule has 3 heteroatoms. The first-order chi connectivity index (χ1) is 7.27. The smallest absolute Gasteiger partial charge is 0.217 e. The van der Waals surface area contributed by atoms with E-state index in [0.717, 1.165) is 25.0 Å². The van der Waals surface area contributed by atoms with Crippen molar-refractivity contribution in [3.63, 3.8) is 0 Å². The van der Waals surface area contributed by atoms with Crippen LogP contribution >= 0.6 is 0 Å². The summed E-state index contributed by atoms with van der Waals surface area (Å²) in [6.07, 6.45) is 6.23. The van der Waals surface area contributed by atoms with Crippen LogP contribution in [0.25, 0.3) is 0 Å². The number of aryl methyl sites for hydroxylation is 1. The molecule has 1 amide bonds. The van der Waals surface area contributed by atoms with Gasteiger partial charge in [-0.25, -0.2) is 0 Å². The van der Waals surface area contributed by atoms with Gasteiger partial charge in [0.1, 0.15) is 0 Å². The van der Waals surface area contributed by atoms with Crippen molar-refractivity contribution < 1.29 is 4.79 Å². The third kappa shape index (κ3) is 2.35. The first-order valence-electron chi connectivity index (χ1n) is 5.48. The Bertz CT molecular complexity index is 362. The van der Waals surface area contributed by atoms with Crippen LogP contribution in [0.15, 0.2) is 18.3 Å². The van der Waals surface area contributed by atoms with Crippen molar-refractivity contribution in [1.29, 1.82) is 0 Å². The van der Waals surface area contributed by atoms with Gasteiger partial charge in [-0.2, -0.15) is 0 Å². The maximum Gasteiger partial charge on any atom is 0.217 e. The van der Waals surface area contributed by atoms with Crippen molar-refractivity contribution >= 4 is 5.91 Å². The Hall–Kier alpha value is -1.38. The minimum atomic E-state index is 0.0264. The predicted octanol–water partition coefficient (Wildman–Crippen LogP) is 1.99. The number of nitrogens with zero attached hydrogens (tertiary/aromatic N) is 1. The number of pyridine rings is 1. The monoisotopic (exact) mass is 204 g/mol. The van der Waals surface area contributed by atoms with E-state index in [4.69, 9.17) is 0 Å². The maximum absolute atomic E-state index is 11.1. The summed E-state index contributed by atoms with van der Waals surface area (Å²) in [5.41, 5.74) is 2.35. The third-order valence-corrected chi connectivity index (χ3v) is 2.82. The molecule has 1 aromatic rings. The highest BCUT2D eigenvalue weighted by Crippen LogP contribution is 2.26. The molecule has 1 aliphatic rings. The van der Waals surface area contributed by atoms with Crippen LogP contribution in [0.3, 0.4) is 0 Å². The molecule has 2 rings (SSSR count). The van der Waals surface area contributed by atoms with Crippen LogP contribution in [-0.4, -0.2) is 10.9 Å². The zero-order valence-electron chi connectivity index (χ0n) is 8.99.